The summed E-state index contributed by atoms with van der Waals surface area (Å²) < 4.78 is 0. The van der Waals surface area contributed by atoms with Crippen molar-refractivity contribution in [3.63, 3.8) is 0 Å². The van der Waals surface area contributed by atoms with Crippen LogP contribution in [0, 0.1) is 0 Å². The predicted octanol–water partition coefficient (Wildman–Crippen LogP) is 1.65. The summed E-state index contributed by atoms with van der Waals surface area (Å²) in [5.74, 6) is -0.329. The highest BCUT2D eigenvalue weighted by atomic mass is 16.1. The molecule has 0 fully saturated rings. The maximum atomic E-state index is 11.7. The van der Waals surface area contributed by atoms with Gasteiger partial charge in [-0.25, -0.2) is 0 Å². The predicted molar refractivity (Wildman–Crippen MR) is 84.2 cm³/mol. The highest BCUT2D eigenvalue weighted by Gasteiger charge is 2.32. The van der Waals surface area contributed by atoms with Crippen LogP contribution in [-0.2, 0) is 11.2 Å². The lowest BCUT2D eigenvalue weighted by Crippen LogP contribution is -2.48. The molecular weight excluding hydrogens is 276 g/mol. The normalized spacial score (nSPS) is 20.7. The van der Waals surface area contributed by atoms with Gasteiger partial charge in [0.2, 0.25) is 5.91 Å². The highest BCUT2D eigenvalue weighted by Crippen LogP contribution is 2.34. The minimum atomic E-state index is -0.378. The number of para-hydroxylation sites is 1. The summed E-state index contributed by atoms with van der Waals surface area (Å²) in [4.78, 5) is 19.4. The maximum Gasteiger partial charge on any atom is 0.234 e. The average molecular weight is 292 g/mol. The molecule has 1 amide bonds. The lowest BCUT2D eigenvalue weighted by molar-refractivity contribution is -0.120. The summed E-state index contributed by atoms with van der Waals surface area (Å²) in [6.45, 7) is 0. The molecule has 0 bridgehead atoms. The number of hydrogen-bond donors (Lipinski definition) is 3. The van der Waals surface area contributed by atoms with Crippen LogP contribution < -0.4 is 11.1 Å². The quantitative estimate of drug-likeness (QED) is 0.671. The Labute approximate surface area is 127 Å². The topological polar surface area (TPSA) is 83.8 Å². The maximum absolute atomic E-state index is 11.7. The van der Waals surface area contributed by atoms with E-state index in [0.717, 1.165) is 27.7 Å². The summed E-state index contributed by atoms with van der Waals surface area (Å²) in [5.41, 5.74) is 9.89. The molecule has 1 unspecified atom stereocenters. The van der Waals surface area contributed by atoms with Crippen LogP contribution in [0.25, 0.3) is 10.9 Å². The third kappa shape index (κ3) is 1.98. The second kappa shape index (κ2) is 4.96. The van der Waals surface area contributed by atoms with Crippen molar-refractivity contribution in [2.24, 2.45) is 5.73 Å². The molecule has 4 rings (SSSR count). The molecule has 5 nitrogen and oxygen atoms in total. The van der Waals surface area contributed by atoms with Crippen LogP contribution in [0.4, 0.5) is 0 Å². The second-order valence-corrected chi connectivity index (χ2v) is 5.61. The summed E-state index contributed by atoms with van der Waals surface area (Å²) in [6, 6.07) is 11.6. The average Bonchev–Trinajstić information content (AvgIpc) is 2.93. The van der Waals surface area contributed by atoms with Crippen LogP contribution in [0.1, 0.15) is 22.9 Å². The Morgan fingerprint density at radius 2 is 2.09 bits per heavy atom. The van der Waals surface area contributed by atoms with E-state index in [0.29, 0.717) is 6.42 Å². The molecule has 4 N–H and O–H groups in total. The minimum absolute atomic E-state index is 0.109. The Bertz CT molecular complexity index is 840. The second-order valence-electron chi connectivity index (χ2n) is 5.61. The van der Waals surface area contributed by atoms with Crippen molar-refractivity contribution in [1.82, 2.24) is 15.3 Å². The fourth-order valence-electron chi connectivity index (χ4n) is 3.23. The number of nitrogens with two attached hydrogens (primary N) is 1. The number of aromatic nitrogens is 2. The van der Waals surface area contributed by atoms with E-state index in [-0.39, 0.29) is 18.0 Å². The van der Waals surface area contributed by atoms with E-state index in [4.69, 9.17) is 5.73 Å². The van der Waals surface area contributed by atoms with Crippen LogP contribution >= 0.6 is 0 Å². The van der Waals surface area contributed by atoms with Gasteiger partial charge in [-0.1, -0.05) is 24.3 Å². The van der Waals surface area contributed by atoms with Gasteiger partial charge in [0, 0.05) is 29.0 Å². The number of amides is 1. The first-order valence-electron chi connectivity index (χ1n) is 7.29. The first-order chi connectivity index (χ1) is 10.7. The molecule has 2 aromatic heterocycles. The smallest absolute Gasteiger partial charge is 0.234 e. The lowest BCUT2D eigenvalue weighted by Gasteiger charge is -2.29. The molecule has 0 spiro atoms. The Hall–Kier alpha value is -2.66. The van der Waals surface area contributed by atoms with E-state index in [2.05, 4.69) is 21.4 Å². The van der Waals surface area contributed by atoms with Gasteiger partial charge in [-0.05, 0) is 29.7 Å². The van der Waals surface area contributed by atoms with E-state index in [1.54, 1.807) is 6.20 Å². The number of aromatic amines is 1. The molecule has 3 heterocycles. The van der Waals surface area contributed by atoms with Crippen molar-refractivity contribution in [1.29, 1.82) is 0 Å². The van der Waals surface area contributed by atoms with Crippen LogP contribution in [0.3, 0.4) is 0 Å². The Kier molecular flexibility index (Phi) is 2.94. The lowest BCUT2D eigenvalue weighted by atomic mass is 9.90. The Morgan fingerprint density at radius 1 is 1.23 bits per heavy atom. The van der Waals surface area contributed by atoms with Gasteiger partial charge in [0.25, 0.3) is 0 Å². The fraction of sp³-hybridized carbons (Fsp3) is 0.176. The van der Waals surface area contributed by atoms with Crippen molar-refractivity contribution < 1.29 is 4.79 Å². The number of nitrogens with zero attached hydrogens (tertiary/aromatic N) is 1. The number of benzene rings is 1. The molecule has 3 aromatic rings. The summed E-state index contributed by atoms with van der Waals surface area (Å²) in [5, 5.41) is 4.49. The standard InChI is InChI=1S/C17H16N4O/c18-17(22)14-8-12-11-5-1-2-6-13(11)20-16(12)15(21-14)10-4-3-7-19-9-10/h1-7,9,14-15,20-21H,8H2,(H2,18,22)/t14-,15?/m1/s1. The molecule has 0 saturated heterocycles. The molecule has 1 aromatic carbocycles. The number of carbonyl (C=O) groups excluding carboxylic acids is 1. The highest BCUT2D eigenvalue weighted by molar-refractivity contribution is 5.88. The molecule has 0 saturated carbocycles. The van der Waals surface area contributed by atoms with Gasteiger partial charge in [0.15, 0.2) is 0 Å². The Morgan fingerprint density at radius 3 is 2.86 bits per heavy atom. The number of carbonyl (C=O) groups is 1. The van der Waals surface area contributed by atoms with Crippen LogP contribution in [0.2, 0.25) is 0 Å². The van der Waals surface area contributed by atoms with Crippen molar-refractivity contribution in [3.05, 3.63) is 65.6 Å². The molecule has 1 aliphatic heterocycles. The van der Waals surface area contributed by atoms with Gasteiger partial charge in [-0.2, -0.15) is 0 Å². The number of primary amides is 1. The van der Waals surface area contributed by atoms with E-state index in [1.807, 2.05) is 36.5 Å². The zero-order chi connectivity index (χ0) is 15.1. The monoisotopic (exact) mass is 292 g/mol. The number of hydrogen-bond acceptors (Lipinski definition) is 3. The first kappa shape index (κ1) is 13.0. The number of nitrogens with one attached hydrogen (secondary N) is 2. The molecular formula is C17H16N4O. The van der Waals surface area contributed by atoms with Gasteiger partial charge in [0.1, 0.15) is 0 Å². The zero-order valence-corrected chi connectivity index (χ0v) is 11.9. The van der Waals surface area contributed by atoms with Gasteiger partial charge < -0.3 is 10.7 Å². The van der Waals surface area contributed by atoms with Crippen LogP contribution in [0.5, 0.6) is 0 Å². The first-order valence-corrected chi connectivity index (χ1v) is 7.29. The van der Waals surface area contributed by atoms with Crippen LogP contribution in [-0.4, -0.2) is 21.9 Å². The molecule has 5 heteroatoms. The van der Waals surface area contributed by atoms with Crippen molar-refractivity contribution in [2.75, 3.05) is 0 Å². The van der Waals surface area contributed by atoms with Crippen LogP contribution in [0.15, 0.2) is 48.8 Å². The largest absolute Gasteiger partial charge is 0.368 e. The molecule has 0 aliphatic carbocycles. The number of pyridine rings is 1. The van der Waals surface area contributed by atoms with Gasteiger partial charge in [-0.3, -0.25) is 15.1 Å². The summed E-state index contributed by atoms with van der Waals surface area (Å²) in [7, 11) is 0. The molecule has 22 heavy (non-hydrogen) atoms. The van der Waals surface area contributed by atoms with Crippen molar-refractivity contribution in [2.45, 2.75) is 18.5 Å². The third-order valence-corrected chi connectivity index (χ3v) is 4.27. The molecule has 2 atom stereocenters. The third-order valence-electron chi connectivity index (χ3n) is 4.27. The molecule has 1 aliphatic rings. The van der Waals surface area contributed by atoms with E-state index in [1.165, 1.54) is 0 Å². The van der Waals surface area contributed by atoms with Gasteiger partial charge in [-0.15, -0.1) is 0 Å². The SMILES string of the molecule is NC(=O)[C@H]1Cc2c([nH]c3ccccc23)C(c2cccnc2)N1. The van der Waals surface area contributed by atoms with E-state index < -0.39 is 0 Å². The van der Waals surface area contributed by atoms with E-state index in [9.17, 15) is 4.79 Å². The van der Waals surface area contributed by atoms with E-state index >= 15 is 0 Å². The number of rotatable bonds is 2. The zero-order valence-electron chi connectivity index (χ0n) is 11.9. The molecule has 110 valence electrons. The van der Waals surface area contributed by atoms with Crippen molar-refractivity contribution >= 4 is 16.8 Å². The number of H-pyrrole nitrogens is 1. The summed E-state index contributed by atoms with van der Waals surface area (Å²) in [6.07, 6.45) is 4.16. The summed E-state index contributed by atoms with van der Waals surface area (Å²) >= 11 is 0. The fourth-order valence-corrected chi connectivity index (χ4v) is 3.23. The van der Waals surface area contributed by atoms with Gasteiger partial charge in [0.05, 0.1) is 12.1 Å². The van der Waals surface area contributed by atoms with Gasteiger partial charge >= 0.3 is 0 Å². The number of fused-ring (bicyclic) bond motifs is 3. The molecule has 0 radical (unpaired) electrons. The van der Waals surface area contributed by atoms with Crippen molar-refractivity contribution in [3.8, 4) is 0 Å². The Balaban J connectivity index is 1.91. The minimum Gasteiger partial charge on any atom is -0.368 e.